The Hall–Kier alpha value is -3.06. The van der Waals surface area contributed by atoms with Crippen LogP contribution in [-0.2, 0) is 0 Å². The third-order valence-electron chi connectivity index (χ3n) is 4.43. The first-order valence-electron chi connectivity index (χ1n) is 9.23. The van der Waals surface area contributed by atoms with E-state index in [1.54, 1.807) is 13.0 Å². The zero-order valence-corrected chi connectivity index (χ0v) is 17.3. The van der Waals surface area contributed by atoms with Gasteiger partial charge in [-0.3, -0.25) is 9.59 Å². The SMILES string of the molecule is Cc1ccc(-c2nc(C)c(C(=O)NCCNC(=O)c3ccccc3F)s2)c(C)c1. The predicted octanol–water partition coefficient (Wildman–Crippen LogP) is 4.03. The molecular weight excluding hydrogens is 389 g/mol. The van der Waals surface area contributed by atoms with Crippen LogP contribution in [-0.4, -0.2) is 29.9 Å². The Kier molecular flexibility index (Phi) is 6.39. The van der Waals surface area contributed by atoms with Crippen molar-refractivity contribution in [3.05, 3.63) is 75.5 Å². The average Bonchev–Trinajstić information content (AvgIpc) is 3.06. The maximum Gasteiger partial charge on any atom is 0.263 e. The molecule has 3 aromatic rings. The van der Waals surface area contributed by atoms with Crippen molar-refractivity contribution in [1.82, 2.24) is 15.6 Å². The highest BCUT2D eigenvalue weighted by Crippen LogP contribution is 2.30. The quantitative estimate of drug-likeness (QED) is 0.602. The Morgan fingerprint density at radius 1 is 1.00 bits per heavy atom. The summed E-state index contributed by atoms with van der Waals surface area (Å²) in [5.41, 5.74) is 3.95. The van der Waals surface area contributed by atoms with Gasteiger partial charge in [-0.05, 0) is 38.5 Å². The van der Waals surface area contributed by atoms with Gasteiger partial charge in [0.2, 0.25) is 0 Å². The molecule has 0 spiro atoms. The zero-order chi connectivity index (χ0) is 21.0. The lowest BCUT2D eigenvalue weighted by atomic mass is 10.1. The van der Waals surface area contributed by atoms with Gasteiger partial charge in [-0.15, -0.1) is 11.3 Å². The number of aromatic nitrogens is 1. The molecule has 29 heavy (non-hydrogen) atoms. The number of rotatable bonds is 6. The number of carbonyl (C=O) groups is 2. The summed E-state index contributed by atoms with van der Waals surface area (Å²) in [6.07, 6.45) is 0. The van der Waals surface area contributed by atoms with E-state index in [2.05, 4.69) is 21.7 Å². The molecule has 0 aliphatic carbocycles. The molecule has 2 amide bonds. The van der Waals surface area contributed by atoms with Crippen molar-refractivity contribution in [2.24, 2.45) is 0 Å². The van der Waals surface area contributed by atoms with Crippen LogP contribution in [0.25, 0.3) is 10.6 Å². The molecule has 0 fully saturated rings. The number of aryl methyl sites for hydroxylation is 3. The van der Waals surface area contributed by atoms with E-state index in [0.29, 0.717) is 10.6 Å². The highest BCUT2D eigenvalue weighted by Gasteiger charge is 2.17. The van der Waals surface area contributed by atoms with Crippen LogP contribution >= 0.6 is 11.3 Å². The number of nitrogens with zero attached hydrogens (tertiary/aromatic N) is 1. The van der Waals surface area contributed by atoms with Crippen LogP contribution in [0.2, 0.25) is 0 Å². The molecule has 0 aliphatic heterocycles. The molecule has 0 atom stereocenters. The summed E-state index contributed by atoms with van der Waals surface area (Å²) in [4.78, 5) is 29.6. The Morgan fingerprint density at radius 3 is 2.38 bits per heavy atom. The summed E-state index contributed by atoms with van der Waals surface area (Å²) < 4.78 is 13.6. The molecule has 1 aromatic heterocycles. The number of hydrogen-bond donors (Lipinski definition) is 2. The van der Waals surface area contributed by atoms with Gasteiger partial charge in [0.05, 0.1) is 11.3 Å². The minimum Gasteiger partial charge on any atom is -0.350 e. The monoisotopic (exact) mass is 411 g/mol. The van der Waals surface area contributed by atoms with Gasteiger partial charge in [0.15, 0.2) is 0 Å². The highest BCUT2D eigenvalue weighted by atomic mass is 32.1. The van der Waals surface area contributed by atoms with Gasteiger partial charge in [0.25, 0.3) is 11.8 Å². The largest absolute Gasteiger partial charge is 0.350 e. The summed E-state index contributed by atoms with van der Waals surface area (Å²) in [5.74, 6) is -1.33. The van der Waals surface area contributed by atoms with E-state index >= 15 is 0 Å². The number of benzene rings is 2. The summed E-state index contributed by atoms with van der Waals surface area (Å²) in [7, 11) is 0. The Morgan fingerprint density at radius 2 is 1.69 bits per heavy atom. The molecule has 2 N–H and O–H groups in total. The van der Waals surface area contributed by atoms with E-state index in [1.165, 1.54) is 35.1 Å². The van der Waals surface area contributed by atoms with Gasteiger partial charge in [-0.1, -0.05) is 35.9 Å². The molecule has 5 nitrogen and oxygen atoms in total. The van der Waals surface area contributed by atoms with E-state index in [9.17, 15) is 14.0 Å². The predicted molar refractivity (Wildman–Crippen MR) is 113 cm³/mol. The average molecular weight is 412 g/mol. The summed E-state index contributed by atoms with van der Waals surface area (Å²) >= 11 is 1.34. The van der Waals surface area contributed by atoms with E-state index < -0.39 is 11.7 Å². The number of amides is 2. The number of carbonyl (C=O) groups excluding carboxylic acids is 2. The minimum absolute atomic E-state index is 0.0183. The molecule has 0 unspecified atom stereocenters. The van der Waals surface area contributed by atoms with E-state index in [-0.39, 0.29) is 24.6 Å². The fourth-order valence-corrected chi connectivity index (χ4v) is 4.02. The lowest BCUT2D eigenvalue weighted by molar-refractivity contribution is 0.0927. The smallest absolute Gasteiger partial charge is 0.263 e. The zero-order valence-electron chi connectivity index (χ0n) is 16.5. The lowest BCUT2D eigenvalue weighted by Crippen LogP contribution is -2.34. The molecule has 0 saturated heterocycles. The first-order chi connectivity index (χ1) is 13.9. The van der Waals surface area contributed by atoms with Crippen LogP contribution in [0.4, 0.5) is 4.39 Å². The Balaban J connectivity index is 1.58. The topological polar surface area (TPSA) is 71.1 Å². The van der Waals surface area contributed by atoms with Crippen LogP contribution in [0, 0.1) is 26.6 Å². The molecular formula is C22H22FN3O2S. The molecule has 3 rings (SSSR count). The molecule has 0 saturated carbocycles. The van der Waals surface area contributed by atoms with E-state index in [1.807, 2.05) is 26.0 Å². The van der Waals surface area contributed by atoms with Gasteiger partial charge < -0.3 is 10.6 Å². The highest BCUT2D eigenvalue weighted by molar-refractivity contribution is 7.17. The summed E-state index contributed by atoms with van der Waals surface area (Å²) in [6.45, 7) is 6.29. The van der Waals surface area contributed by atoms with Crippen molar-refractivity contribution in [3.63, 3.8) is 0 Å². The molecule has 1 heterocycles. The maximum absolute atomic E-state index is 13.6. The lowest BCUT2D eigenvalue weighted by Gasteiger charge is -2.07. The van der Waals surface area contributed by atoms with Crippen molar-refractivity contribution in [3.8, 4) is 10.6 Å². The fourth-order valence-electron chi connectivity index (χ4n) is 2.95. The van der Waals surface area contributed by atoms with Crippen molar-refractivity contribution in [2.75, 3.05) is 13.1 Å². The van der Waals surface area contributed by atoms with Crippen LogP contribution < -0.4 is 10.6 Å². The summed E-state index contributed by atoms with van der Waals surface area (Å²) in [6, 6.07) is 11.9. The fraction of sp³-hybridized carbons (Fsp3) is 0.227. The van der Waals surface area contributed by atoms with Crippen molar-refractivity contribution in [2.45, 2.75) is 20.8 Å². The molecule has 150 valence electrons. The second kappa shape index (κ2) is 8.96. The van der Waals surface area contributed by atoms with E-state index in [4.69, 9.17) is 0 Å². The number of hydrogen-bond acceptors (Lipinski definition) is 4. The molecule has 7 heteroatoms. The molecule has 0 aliphatic rings. The van der Waals surface area contributed by atoms with Crippen LogP contribution in [0.15, 0.2) is 42.5 Å². The van der Waals surface area contributed by atoms with E-state index in [0.717, 1.165) is 16.1 Å². The summed E-state index contributed by atoms with van der Waals surface area (Å²) in [5, 5.41) is 6.18. The molecule has 0 radical (unpaired) electrons. The Labute approximate surface area is 173 Å². The van der Waals surface area contributed by atoms with Gasteiger partial charge in [-0.25, -0.2) is 9.37 Å². The van der Waals surface area contributed by atoms with Crippen LogP contribution in [0.1, 0.15) is 36.9 Å². The van der Waals surface area contributed by atoms with Gasteiger partial charge in [-0.2, -0.15) is 0 Å². The van der Waals surface area contributed by atoms with Gasteiger partial charge >= 0.3 is 0 Å². The van der Waals surface area contributed by atoms with Crippen molar-refractivity contribution in [1.29, 1.82) is 0 Å². The number of nitrogens with one attached hydrogen (secondary N) is 2. The second-order valence-corrected chi connectivity index (χ2v) is 7.74. The second-order valence-electron chi connectivity index (χ2n) is 6.74. The van der Waals surface area contributed by atoms with Crippen molar-refractivity contribution >= 4 is 23.2 Å². The third-order valence-corrected chi connectivity index (χ3v) is 5.62. The van der Waals surface area contributed by atoms with Crippen LogP contribution in [0.5, 0.6) is 0 Å². The first kappa shape index (κ1) is 20.7. The number of thiazole rings is 1. The van der Waals surface area contributed by atoms with Crippen LogP contribution in [0.3, 0.4) is 0 Å². The normalized spacial score (nSPS) is 10.6. The maximum atomic E-state index is 13.6. The van der Waals surface area contributed by atoms with Crippen molar-refractivity contribution < 1.29 is 14.0 Å². The first-order valence-corrected chi connectivity index (χ1v) is 10.0. The third kappa shape index (κ3) is 4.86. The van der Waals surface area contributed by atoms with Gasteiger partial charge in [0, 0.05) is 18.7 Å². The Bertz CT molecular complexity index is 1060. The molecule has 2 aromatic carbocycles. The molecule has 0 bridgehead atoms. The minimum atomic E-state index is -0.576. The standard InChI is InChI=1S/C22H22FN3O2S/c1-13-8-9-16(14(2)12-13)22-26-15(3)19(29-22)21(28)25-11-10-24-20(27)17-6-4-5-7-18(17)23/h4-9,12H,10-11H2,1-3H3,(H,24,27)(H,25,28). The van der Waals surface area contributed by atoms with Gasteiger partial charge in [0.1, 0.15) is 15.7 Å². The number of halogens is 1.